The maximum atomic E-state index is 11.7. The van der Waals surface area contributed by atoms with E-state index in [0.717, 1.165) is 22.6 Å². The number of aryl methyl sites for hydroxylation is 1. The van der Waals surface area contributed by atoms with Crippen molar-refractivity contribution in [3.05, 3.63) is 46.2 Å². The zero-order chi connectivity index (χ0) is 17.3. The molecule has 0 amide bonds. The highest BCUT2D eigenvalue weighted by Gasteiger charge is 2.31. The fourth-order valence-corrected chi connectivity index (χ4v) is 4.70. The van der Waals surface area contributed by atoms with Crippen molar-refractivity contribution in [2.75, 3.05) is 16.9 Å². The van der Waals surface area contributed by atoms with Crippen LogP contribution >= 0.6 is 11.6 Å². The quantitative estimate of drug-likeness (QED) is 0.666. The molecule has 6 nitrogen and oxygen atoms in total. The lowest BCUT2D eigenvalue weighted by atomic mass is 10.2. The Morgan fingerprint density at radius 1 is 1.33 bits per heavy atom. The zero-order valence-electron chi connectivity index (χ0n) is 13.5. The van der Waals surface area contributed by atoms with Gasteiger partial charge in [-0.2, -0.15) is 10.2 Å². The van der Waals surface area contributed by atoms with Crippen LogP contribution in [0.25, 0.3) is 0 Å². The van der Waals surface area contributed by atoms with Crippen molar-refractivity contribution in [2.24, 2.45) is 5.10 Å². The van der Waals surface area contributed by atoms with Gasteiger partial charge in [-0.05, 0) is 44.5 Å². The summed E-state index contributed by atoms with van der Waals surface area (Å²) < 4.78 is 25.2. The number of hydrogen-bond acceptors (Lipinski definition) is 5. The molecule has 1 atom stereocenters. The molecule has 0 unspecified atom stereocenters. The summed E-state index contributed by atoms with van der Waals surface area (Å²) in [7, 11) is -2.94. The Balaban J connectivity index is 1.77. The van der Waals surface area contributed by atoms with Gasteiger partial charge in [0.15, 0.2) is 9.84 Å². The molecule has 1 fully saturated rings. The van der Waals surface area contributed by atoms with Gasteiger partial charge in [0, 0.05) is 16.3 Å². The Kier molecular flexibility index (Phi) is 4.64. The third kappa shape index (κ3) is 3.62. The molecule has 0 radical (unpaired) electrons. The van der Waals surface area contributed by atoms with E-state index in [-0.39, 0.29) is 17.5 Å². The molecule has 0 spiro atoms. The van der Waals surface area contributed by atoms with E-state index in [1.54, 1.807) is 18.3 Å². The van der Waals surface area contributed by atoms with Gasteiger partial charge in [-0.3, -0.25) is 10.1 Å². The molecular weight excluding hydrogens is 348 g/mol. The van der Waals surface area contributed by atoms with Crippen LogP contribution in [0.1, 0.15) is 29.4 Å². The summed E-state index contributed by atoms with van der Waals surface area (Å²) in [6, 6.07) is 7.17. The van der Waals surface area contributed by atoms with Gasteiger partial charge in [0.2, 0.25) is 0 Å². The van der Waals surface area contributed by atoms with Crippen LogP contribution in [0.5, 0.6) is 0 Å². The van der Waals surface area contributed by atoms with E-state index in [0.29, 0.717) is 11.4 Å². The number of anilines is 1. The summed E-state index contributed by atoms with van der Waals surface area (Å²) in [6.07, 6.45) is 2.33. The number of aromatic nitrogens is 2. The van der Waals surface area contributed by atoms with Gasteiger partial charge in [0.05, 0.1) is 35.1 Å². The Hall–Kier alpha value is -1.86. The van der Waals surface area contributed by atoms with E-state index in [4.69, 9.17) is 11.6 Å². The highest BCUT2D eigenvalue weighted by atomic mass is 35.5. The van der Waals surface area contributed by atoms with Crippen LogP contribution in [-0.4, -0.2) is 35.9 Å². The zero-order valence-corrected chi connectivity index (χ0v) is 15.1. The molecule has 0 saturated carbocycles. The van der Waals surface area contributed by atoms with Crippen LogP contribution in [0.2, 0.25) is 5.02 Å². The second kappa shape index (κ2) is 6.57. The number of nitrogens with zero attached hydrogens (tertiary/aromatic N) is 3. The first-order valence-corrected chi connectivity index (χ1v) is 9.86. The van der Waals surface area contributed by atoms with Crippen molar-refractivity contribution < 1.29 is 8.42 Å². The molecule has 0 aliphatic carbocycles. The van der Waals surface area contributed by atoms with Crippen LogP contribution in [0.15, 0.2) is 29.4 Å². The minimum atomic E-state index is -2.94. The van der Waals surface area contributed by atoms with E-state index in [2.05, 4.69) is 15.6 Å². The Morgan fingerprint density at radius 2 is 2.04 bits per heavy atom. The molecule has 1 aliphatic rings. The van der Waals surface area contributed by atoms with E-state index in [1.807, 2.05) is 30.7 Å². The number of rotatable bonds is 4. The third-order valence-corrected chi connectivity index (χ3v) is 6.17. The smallest absolute Gasteiger partial charge is 0.152 e. The molecule has 1 saturated heterocycles. The van der Waals surface area contributed by atoms with Gasteiger partial charge in [-0.1, -0.05) is 11.6 Å². The summed E-state index contributed by atoms with van der Waals surface area (Å²) >= 11 is 5.85. The SMILES string of the molecule is Cc1nn([C@H]2CCS(=O)(=O)C2)c(C)c1/C=N\Nc1ccc(Cl)cc1. The molecule has 1 N–H and O–H groups in total. The highest BCUT2D eigenvalue weighted by molar-refractivity contribution is 7.91. The van der Waals surface area contributed by atoms with Crippen LogP contribution in [0.3, 0.4) is 0 Å². The first-order chi connectivity index (χ1) is 11.4. The Bertz CT molecular complexity index is 872. The van der Waals surface area contributed by atoms with Gasteiger partial charge in [0.25, 0.3) is 0 Å². The average Bonchev–Trinajstić information content (AvgIpc) is 3.02. The maximum absolute atomic E-state index is 11.7. The topological polar surface area (TPSA) is 76.3 Å². The predicted octanol–water partition coefficient (Wildman–Crippen LogP) is 2.96. The lowest BCUT2D eigenvalue weighted by molar-refractivity contribution is 0.486. The van der Waals surface area contributed by atoms with Crippen molar-refractivity contribution in [1.82, 2.24) is 9.78 Å². The fraction of sp³-hybridized carbons (Fsp3) is 0.375. The van der Waals surface area contributed by atoms with Crippen LogP contribution in [-0.2, 0) is 9.84 Å². The molecule has 3 rings (SSSR count). The van der Waals surface area contributed by atoms with E-state index < -0.39 is 9.84 Å². The molecule has 0 bridgehead atoms. The lowest BCUT2D eigenvalue weighted by Crippen LogP contribution is -2.14. The van der Waals surface area contributed by atoms with Gasteiger partial charge in [-0.25, -0.2) is 8.42 Å². The third-order valence-electron chi connectivity index (χ3n) is 4.17. The molecule has 8 heteroatoms. The molecule has 2 aromatic rings. The number of nitrogens with one attached hydrogen (secondary N) is 1. The minimum absolute atomic E-state index is 0.0833. The van der Waals surface area contributed by atoms with Crippen LogP contribution in [0.4, 0.5) is 5.69 Å². The second-order valence-corrected chi connectivity index (χ2v) is 8.63. The maximum Gasteiger partial charge on any atom is 0.152 e. The van der Waals surface area contributed by atoms with Crippen LogP contribution in [0, 0.1) is 13.8 Å². The monoisotopic (exact) mass is 366 g/mol. The van der Waals surface area contributed by atoms with Crippen molar-refractivity contribution in [1.29, 1.82) is 0 Å². The van der Waals surface area contributed by atoms with Crippen molar-refractivity contribution in [2.45, 2.75) is 26.3 Å². The largest absolute Gasteiger partial charge is 0.279 e. The Morgan fingerprint density at radius 3 is 2.67 bits per heavy atom. The summed E-state index contributed by atoms with van der Waals surface area (Å²) in [5, 5.41) is 9.42. The number of halogens is 1. The van der Waals surface area contributed by atoms with Gasteiger partial charge >= 0.3 is 0 Å². The Labute approximate surface area is 146 Å². The first kappa shape index (κ1) is 17.0. The predicted molar refractivity (Wildman–Crippen MR) is 96.7 cm³/mol. The number of hydrogen-bond donors (Lipinski definition) is 1. The molecule has 1 aromatic heterocycles. The standard InChI is InChI=1S/C16H19ClN4O2S/c1-11-16(9-18-19-14-5-3-13(17)4-6-14)12(2)21(20-11)15-7-8-24(22,23)10-15/h3-6,9,15,19H,7-8,10H2,1-2H3/b18-9-/t15-/m0/s1. The average molecular weight is 367 g/mol. The normalized spacial score (nSPS) is 19.9. The molecule has 1 aliphatic heterocycles. The van der Waals surface area contributed by atoms with E-state index >= 15 is 0 Å². The van der Waals surface area contributed by atoms with Gasteiger partial charge in [-0.15, -0.1) is 0 Å². The van der Waals surface area contributed by atoms with E-state index in [1.165, 1.54) is 0 Å². The molecule has 2 heterocycles. The van der Waals surface area contributed by atoms with Crippen molar-refractivity contribution >= 4 is 33.3 Å². The summed E-state index contributed by atoms with van der Waals surface area (Å²) in [6.45, 7) is 3.84. The van der Waals surface area contributed by atoms with E-state index in [9.17, 15) is 8.42 Å². The number of hydrazone groups is 1. The second-order valence-electron chi connectivity index (χ2n) is 5.96. The van der Waals surface area contributed by atoms with Crippen molar-refractivity contribution in [3.63, 3.8) is 0 Å². The molecule has 1 aromatic carbocycles. The minimum Gasteiger partial charge on any atom is -0.279 e. The number of sulfone groups is 1. The first-order valence-electron chi connectivity index (χ1n) is 7.66. The summed E-state index contributed by atoms with van der Waals surface area (Å²) in [5.41, 5.74) is 6.44. The fourth-order valence-electron chi connectivity index (χ4n) is 2.88. The van der Waals surface area contributed by atoms with Crippen molar-refractivity contribution in [3.8, 4) is 0 Å². The van der Waals surface area contributed by atoms with Gasteiger partial charge in [0.1, 0.15) is 0 Å². The lowest BCUT2D eigenvalue weighted by Gasteiger charge is -2.10. The molecular formula is C16H19ClN4O2S. The van der Waals surface area contributed by atoms with Gasteiger partial charge < -0.3 is 0 Å². The number of benzene rings is 1. The molecule has 24 heavy (non-hydrogen) atoms. The summed E-state index contributed by atoms with van der Waals surface area (Å²) in [5.74, 6) is 0.395. The molecule has 128 valence electrons. The van der Waals surface area contributed by atoms with Crippen LogP contribution < -0.4 is 5.43 Å². The summed E-state index contributed by atoms with van der Waals surface area (Å²) in [4.78, 5) is 0. The highest BCUT2D eigenvalue weighted by Crippen LogP contribution is 2.26.